The second-order valence-electron chi connectivity index (χ2n) is 6.08. The molecule has 134 valence electrons. The van der Waals surface area contributed by atoms with Crippen molar-refractivity contribution in [3.63, 3.8) is 0 Å². The van der Waals surface area contributed by atoms with Gasteiger partial charge in [-0.2, -0.15) is 0 Å². The second kappa shape index (κ2) is 8.42. The third-order valence-electron chi connectivity index (χ3n) is 3.09. The molecular weight excluding hydrogens is 314 g/mol. The Balaban J connectivity index is 2.99. The minimum atomic E-state index is -0.911. The molecule has 0 saturated carbocycles. The van der Waals surface area contributed by atoms with E-state index in [1.54, 1.807) is 39.0 Å². The molecule has 0 aliphatic rings. The summed E-state index contributed by atoms with van der Waals surface area (Å²) in [6, 6.07) is 4.40. The van der Waals surface area contributed by atoms with Crippen LogP contribution in [-0.2, 0) is 20.7 Å². The number of amides is 1. The molecule has 1 aromatic rings. The first-order chi connectivity index (χ1) is 11.2. The summed E-state index contributed by atoms with van der Waals surface area (Å²) < 4.78 is 20.5. The van der Waals surface area contributed by atoms with Crippen LogP contribution in [0.4, 0.5) is 4.79 Å². The third kappa shape index (κ3) is 5.64. The number of ether oxygens (including phenoxy) is 4. The van der Waals surface area contributed by atoms with E-state index in [1.807, 2.05) is 0 Å². The van der Waals surface area contributed by atoms with E-state index in [-0.39, 0.29) is 6.42 Å². The number of nitrogens with one attached hydrogen (secondary N) is 1. The zero-order valence-corrected chi connectivity index (χ0v) is 15.0. The average Bonchev–Trinajstić information content (AvgIpc) is 2.51. The van der Waals surface area contributed by atoms with E-state index < -0.39 is 23.7 Å². The minimum Gasteiger partial charge on any atom is -0.493 e. The molecule has 0 aliphatic carbocycles. The van der Waals surface area contributed by atoms with Gasteiger partial charge in [0.05, 0.1) is 21.3 Å². The van der Waals surface area contributed by atoms with E-state index in [0.29, 0.717) is 17.1 Å². The molecule has 1 N–H and O–H groups in total. The van der Waals surface area contributed by atoms with Crippen LogP contribution in [0.2, 0.25) is 0 Å². The highest BCUT2D eigenvalue weighted by atomic mass is 16.6. The molecule has 1 aromatic carbocycles. The monoisotopic (exact) mass is 339 g/mol. The Bertz CT molecular complexity index is 579. The highest BCUT2D eigenvalue weighted by molar-refractivity contribution is 5.81. The largest absolute Gasteiger partial charge is 0.493 e. The number of hydrogen-bond donors (Lipinski definition) is 1. The molecule has 1 amide bonds. The number of benzene rings is 1. The fourth-order valence-electron chi connectivity index (χ4n) is 2.12. The quantitative estimate of drug-likeness (QED) is 0.801. The summed E-state index contributed by atoms with van der Waals surface area (Å²) in [5.74, 6) is 0.460. The van der Waals surface area contributed by atoms with Gasteiger partial charge < -0.3 is 24.3 Å². The Morgan fingerprint density at radius 1 is 1.12 bits per heavy atom. The van der Waals surface area contributed by atoms with Crippen LogP contribution >= 0.6 is 0 Å². The van der Waals surface area contributed by atoms with Crippen molar-refractivity contribution in [2.24, 2.45) is 0 Å². The first-order valence-electron chi connectivity index (χ1n) is 7.49. The number of methoxy groups -OCH3 is 3. The smallest absolute Gasteiger partial charge is 0.408 e. The summed E-state index contributed by atoms with van der Waals surface area (Å²) in [5.41, 5.74) is 0.0293. The van der Waals surface area contributed by atoms with E-state index in [9.17, 15) is 9.59 Å². The van der Waals surface area contributed by atoms with Crippen molar-refractivity contribution < 1.29 is 28.5 Å². The molecule has 0 radical (unpaired) electrons. The number of hydrogen-bond acceptors (Lipinski definition) is 6. The van der Waals surface area contributed by atoms with Gasteiger partial charge in [-0.3, -0.25) is 0 Å². The van der Waals surface area contributed by atoms with Crippen LogP contribution in [-0.4, -0.2) is 45.0 Å². The Labute approximate surface area is 142 Å². The number of alkyl carbamates (subject to hydrolysis) is 1. The van der Waals surface area contributed by atoms with Gasteiger partial charge in [0.2, 0.25) is 0 Å². The predicted molar refractivity (Wildman–Crippen MR) is 88.4 cm³/mol. The van der Waals surface area contributed by atoms with Crippen LogP contribution in [0.3, 0.4) is 0 Å². The maximum absolute atomic E-state index is 12.0. The maximum Gasteiger partial charge on any atom is 0.408 e. The van der Waals surface area contributed by atoms with Gasteiger partial charge in [-0.1, -0.05) is 12.1 Å². The zero-order chi connectivity index (χ0) is 18.3. The molecule has 0 spiro atoms. The highest BCUT2D eigenvalue weighted by Gasteiger charge is 2.26. The summed E-state index contributed by atoms with van der Waals surface area (Å²) in [4.78, 5) is 24.0. The van der Waals surface area contributed by atoms with E-state index >= 15 is 0 Å². The van der Waals surface area contributed by atoms with Gasteiger partial charge in [-0.25, -0.2) is 9.59 Å². The van der Waals surface area contributed by atoms with Crippen molar-refractivity contribution >= 4 is 12.1 Å². The van der Waals surface area contributed by atoms with Crippen molar-refractivity contribution in [2.45, 2.75) is 38.8 Å². The summed E-state index contributed by atoms with van der Waals surface area (Å²) in [7, 11) is 4.29. The van der Waals surface area contributed by atoms with Gasteiger partial charge in [0.25, 0.3) is 0 Å². The van der Waals surface area contributed by atoms with Crippen LogP contribution in [0.1, 0.15) is 26.3 Å². The maximum atomic E-state index is 12.0. The van der Waals surface area contributed by atoms with Gasteiger partial charge in [0, 0.05) is 12.0 Å². The molecule has 0 aromatic heterocycles. The SMILES string of the molecule is COC(=O)C(Cc1cccc(OC)c1OC)NC(=O)OC(C)(C)C. The van der Waals surface area contributed by atoms with Crippen molar-refractivity contribution in [3.05, 3.63) is 23.8 Å². The van der Waals surface area contributed by atoms with E-state index in [1.165, 1.54) is 21.3 Å². The molecule has 0 bridgehead atoms. The lowest BCUT2D eigenvalue weighted by Crippen LogP contribution is -2.45. The van der Waals surface area contributed by atoms with Crippen molar-refractivity contribution in [2.75, 3.05) is 21.3 Å². The molecule has 0 fully saturated rings. The first-order valence-corrected chi connectivity index (χ1v) is 7.49. The van der Waals surface area contributed by atoms with Crippen LogP contribution < -0.4 is 14.8 Å². The number of rotatable bonds is 6. The summed E-state index contributed by atoms with van der Waals surface area (Å²) in [6.45, 7) is 5.22. The highest BCUT2D eigenvalue weighted by Crippen LogP contribution is 2.31. The molecular formula is C17H25NO6. The Kier molecular flexibility index (Phi) is 6.88. The van der Waals surface area contributed by atoms with Crippen molar-refractivity contribution in [1.29, 1.82) is 0 Å². The molecule has 0 heterocycles. The van der Waals surface area contributed by atoms with Gasteiger partial charge in [0.15, 0.2) is 11.5 Å². The topological polar surface area (TPSA) is 83.1 Å². The Morgan fingerprint density at radius 3 is 2.29 bits per heavy atom. The number of para-hydroxylation sites is 1. The summed E-state index contributed by atoms with van der Waals surface area (Å²) in [5, 5.41) is 2.53. The molecule has 24 heavy (non-hydrogen) atoms. The lowest BCUT2D eigenvalue weighted by atomic mass is 10.0. The molecule has 1 atom stereocenters. The third-order valence-corrected chi connectivity index (χ3v) is 3.09. The zero-order valence-electron chi connectivity index (χ0n) is 15.0. The minimum absolute atomic E-state index is 0.173. The molecule has 1 rings (SSSR count). The van der Waals surface area contributed by atoms with Gasteiger partial charge in [0.1, 0.15) is 11.6 Å². The van der Waals surface area contributed by atoms with Gasteiger partial charge in [-0.15, -0.1) is 0 Å². The molecule has 0 saturated heterocycles. The van der Waals surface area contributed by atoms with Crippen LogP contribution in [0.15, 0.2) is 18.2 Å². The normalized spacial score (nSPS) is 12.1. The van der Waals surface area contributed by atoms with E-state index in [2.05, 4.69) is 5.32 Å². The first kappa shape index (κ1) is 19.6. The predicted octanol–water partition coefficient (Wildman–Crippen LogP) is 2.31. The summed E-state index contributed by atoms with van der Waals surface area (Å²) in [6.07, 6.45) is -0.522. The lowest BCUT2D eigenvalue weighted by molar-refractivity contribution is -0.143. The second-order valence-corrected chi connectivity index (χ2v) is 6.08. The number of carbonyl (C=O) groups is 2. The van der Waals surface area contributed by atoms with E-state index in [0.717, 1.165) is 0 Å². The van der Waals surface area contributed by atoms with Gasteiger partial charge in [-0.05, 0) is 26.8 Å². The Morgan fingerprint density at radius 2 is 1.79 bits per heavy atom. The number of carbonyl (C=O) groups excluding carboxylic acids is 2. The fraction of sp³-hybridized carbons (Fsp3) is 0.529. The summed E-state index contributed by atoms with van der Waals surface area (Å²) >= 11 is 0. The Hall–Kier alpha value is -2.44. The van der Waals surface area contributed by atoms with Crippen molar-refractivity contribution in [1.82, 2.24) is 5.32 Å². The average molecular weight is 339 g/mol. The molecule has 1 unspecified atom stereocenters. The lowest BCUT2D eigenvalue weighted by Gasteiger charge is -2.23. The van der Waals surface area contributed by atoms with Gasteiger partial charge >= 0.3 is 12.1 Å². The van der Waals surface area contributed by atoms with E-state index in [4.69, 9.17) is 18.9 Å². The molecule has 7 heteroatoms. The molecule has 7 nitrogen and oxygen atoms in total. The standard InChI is InChI=1S/C17H25NO6/c1-17(2,3)24-16(20)18-12(15(19)23-6)10-11-8-7-9-13(21-4)14(11)22-5/h7-9,12H,10H2,1-6H3,(H,18,20). The number of esters is 1. The van der Waals surface area contributed by atoms with Crippen molar-refractivity contribution in [3.8, 4) is 11.5 Å². The van der Waals surface area contributed by atoms with Crippen LogP contribution in [0, 0.1) is 0 Å². The fourth-order valence-corrected chi connectivity index (χ4v) is 2.12. The van der Waals surface area contributed by atoms with Crippen LogP contribution in [0.5, 0.6) is 11.5 Å². The van der Waals surface area contributed by atoms with Crippen LogP contribution in [0.25, 0.3) is 0 Å². The molecule has 0 aliphatic heterocycles.